The molecule has 1 aromatic rings. The molecular formula is C12H18FNO2. The molecule has 0 aliphatic rings. The van der Waals surface area contributed by atoms with Gasteiger partial charge in [-0.2, -0.15) is 0 Å². The third-order valence-corrected chi connectivity index (χ3v) is 2.40. The fraction of sp³-hybridized carbons (Fsp3) is 0.500. The van der Waals surface area contributed by atoms with Crippen molar-refractivity contribution in [2.45, 2.75) is 13.0 Å². The fourth-order valence-electron chi connectivity index (χ4n) is 1.57. The van der Waals surface area contributed by atoms with Gasteiger partial charge in [-0.3, -0.25) is 4.90 Å². The predicted octanol–water partition coefficient (Wildman–Crippen LogP) is 1.00. The smallest absolute Gasteiger partial charge is 0.127 e. The third-order valence-electron chi connectivity index (χ3n) is 2.40. The van der Waals surface area contributed by atoms with Crippen LogP contribution in [0.2, 0.25) is 0 Å². The second kappa shape index (κ2) is 7.33. The highest BCUT2D eigenvalue weighted by Crippen LogP contribution is 2.09. The van der Waals surface area contributed by atoms with E-state index in [9.17, 15) is 4.39 Å². The van der Waals surface area contributed by atoms with Crippen LogP contribution in [0.1, 0.15) is 12.0 Å². The monoisotopic (exact) mass is 227 g/mol. The number of aliphatic hydroxyl groups excluding tert-OH is 2. The van der Waals surface area contributed by atoms with E-state index in [1.54, 1.807) is 18.2 Å². The van der Waals surface area contributed by atoms with Gasteiger partial charge in [0.15, 0.2) is 0 Å². The first-order valence-corrected chi connectivity index (χ1v) is 5.45. The quantitative estimate of drug-likeness (QED) is 0.730. The van der Waals surface area contributed by atoms with Gasteiger partial charge in [0.1, 0.15) is 5.82 Å². The number of aliphatic hydroxyl groups is 2. The van der Waals surface area contributed by atoms with Gasteiger partial charge in [0.25, 0.3) is 0 Å². The summed E-state index contributed by atoms with van der Waals surface area (Å²) in [5.41, 5.74) is 0.619. The Morgan fingerprint density at radius 3 is 2.44 bits per heavy atom. The normalized spacial score (nSPS) is 11.0. The molecule has 16 heavy (non-hydrogen) atoms. The number of halogens is 1. The van der Waals surface area contributed by atoms with Crippen LogP contribution in [-0.2, 0) is 6.54 Å². The van der Waals surface area contributed by atoms with Crippen LogP contribution in [0.5, 0.6) is 0 Å². The van der Waals surface area contributed by atoms with Crippen LogP contribution in [-0.4, -0.2) is 41.4 Å². The van der Waals surface area contributed by atoms with Gasteiger partial charge in [-0.05, 0) is 12.5 Å². The molecule has 0 heterocycles. The summed E-state index contributed by atoms with van der Waals surface area (Å²) in [6.07, 6.45) is 0.633. The third kappa shape index (κ3) is 4.26. The maximum Gasteiger partial charge on any atom is 0.127 e. The maximum atomic E-state index is 13.4. The molecule has 0 saturated heterocycles. The topological polar surface area (TPSA) is 43.7 Å². The zero-order chi connectivity index (χ0) is 11.8. The molecule has 0 bridgehead atoms. The molecule has 0 atom stereocenters. The molecule has 0 aromatic heterocycles. The zero-order valence-electron chi connectivity index (χ0n) is 9.27. The van der Waals surface area contributed by atoms with Crippen molar-refractivity contribution in [3.05, 3.63) is 35.6 Å². The largest absolute Gasteiger partial charge is 0.396 e. The van der Waals surface area contributed by atoms with Crippen LogP contribution in [0.15, 0.2) is 24.3 Å². The predicted molar refractivity (Wildman–Crippen MR) is 60.5 cm³/mol. The lowest BCUT2D eigenvalue weighted by Gasteiger charge is -2.21. The Morgan fingerprint density at radius 1 is 1.06 bits per heavy atom. The van der Waals surface area contributed by atoms with Gasteiger partial charge in [-0.15, -0.1) is 0 Å². The van der Waals surface area contributed by atoms with E-state index in [1.165, 1.54) is 6.07 Å². The van der Waals surface area contributed by atoms with E-state index in [2.05, 4.69) is 0 Å². The van der Waals surface area contributed by atoms with Crippen molar-refractivity contribution >= 4 is 0 Å². The molecule has 0 fully saturated rings. The van der Waals surface area contributed by atoms with E-state index < -0.39 is 0 Å². The van der Waals surface area contributed by atoms with E-state index in [0.717, 1.165) is 0 Å². The number of hydrogen-bond donors (Lipinski definition) is 2. The highest BCUT2D eigenvalue weighted by atomic mass is 19.1. The summed E-state index contributed by atoms with van der Waals surface area (Å²) < 4.78 is 13.4. The fourth-order valence-corrected chi connectivity index (χ4v) is 1.57. The van der Waals surface area contributed by atoms with Crippen molar-refractivity contribution < 1.29 is 14.6 Å². The molecule has 0 unspecified atom stereocenters. The number of nitrogens with zero attached hydrogens (tertiary/aromatic N) is 1. The first-order valence-electron chi connectivity index (χ1n) is 5.45. The lowest BCUT2D eigenvalue weighted by atomic mass is 10.2. The summed E-state index contributed by atoms with van der Waals surface area (Å²) >= 11 is 0. The summed E-state index contributed by atoms with van der Waals surface area (Å²) in [5.74, 6) is -0.227. The van der Waals surface area contributed by atoms with Crippen molar-refractivity contribution in [3.63, 3.8) is 0 Å². The average Bonchev–Trinajstić information content (AvgIpc) is 2.29. The molecule has 1 rings (SSSR count). The van der Waals surface area contributed by atoms with Crippen molar-refractivity contribution in [2.75, 3.05) is 26.3 Å². The molecule has 0 radical (unpaired) electrons. The number of benzene rings is 1. The van der Waals surface area contributed by atoms with Gasteiger partial charge >= 0.3 is 0 Å². The molecule has 2 N–H and O–H groups in total. The maximum absolute atomic E-state index is 13.4. The van der Waals surface area contributed by atoms with Crippen molar-refractivity contribution in [1.82, 2.24) is 4.90 Å². The van der Waals surface area contributed by atoms with Crippen LogP contribution in [0.3, 0.4) is 0 Å². The Kier molecular flexibility index (Phi) is 6.00. The van der Waals surface area contributed by atoms with Crippen LogP contribution >= 0.6 is 0 Å². The van der Waals surface area contributed by atoms with E-state index in [4.69, 9.17) is 10.2 Å². The molecule has 0 spiro atoms. The summed E-state index contributed by atoms with van der Waals surface area (Å²) in [7, 11) is 0. The minimum absolute atomic E-state index is 0.0415. The number of rotatable bonds is 7. The highest BCUT2D eigenvalue weighted by molar-refractivity contribution is 5.17. The van der Waals surface area contributed by atoms with Gasteiger partial charge in [-0.25, -0.2) is 4.39 Å². The first kappa shape index (κ1) is 13.1. The minimum Gasteiger partial charge on any atom is -0.396 e. The Morgan fingerprint density at radius 2 is 1.81 bits per heavy atom. The van der Waals surface area contributed by atoms with Crippen molar-refractivity contribution in [1.29, 1.82) is 0 Å². The molecule has 90 valence electrons. The first-order chi connectivity index (χ1) is 7.77. The Bertz CT molecular complexity index is 307. The molecular weight excluding hydrogens is 209 g/mol. The van der Waals surface area contributed by atoms with E-state index in [-0.39, 0.29) is 19.0 Å². The Labute approximate surface area is 95.1 Å². The molecule has 0 aliphatic heterocycles. The van der Waals surface area contributed by atoms with Crippen LogP contribution in [0.25, 0.3) is 0 Å². The van der Waals surface area contributed by atoms with E-state index in [1.807, 2.05) is 4.90 Å². The van der Waals surface area contributed by atoms with Crippen LogP contribution in [0.4, 0.5) is 4.39 Å². The minimum atomic E-state index is -0.227. The lowest BCUT2D eigenvalue weighted by molar-refractivity contribution is 0.173. The summed E-state index contributed by atoms with van der Waals surface area (Å²) in [6, 6.07) is 6.61. The van der Waals surface area contributed by atoms with Gasteiger partial charge in [0, 0.05) is 31.8 Å². The van der Waals surface area contributed by atoms with E-state index >= 15 is 0 Å². The molecule has 0 aliphatic carbocycles. The van der Waals surface area contributed by atoms with Gasteiger partial charge in [0.05, 0.1) is 6.61 Å². The SMILES string of the molecule is OCCCN(CCO)Cc1ccccc1F. The zero-order valence-corrected chi connectivity index (χ0v) is 9.27. The lowest BCUT2D eigenvalue weighted by Crippen LogP contribution is -2.28. The van der Waals surface area contributed by atoms with Gasteiger partial charge < -0.3 is 10.2 Å². The second-order valence-electron chi connectivity index (χ2n) is 3.67. The molecule has 1 aromatic carbocycles. The Hall–Kier alpha value is -0.970. The second-order valence-corrected chi connectivity index (χ2v) is 3.67. The molecule has 3 nitrogen and oxygen atoms in total. The average molecular weight is 227 g/mol. The van der Waals surface area contributed by atoms with Crippen LogP contribution < -0.4 is 0 Å². The van der Waals surface area contributed by atoms with Crippen LogP contribution in [0, 0.1) is 5.82 Å². The molecule has 0 saturated carbocycles. The van der Waals surface area contributed by atoms with Gasteiger partial charge in [-0.1, -0.05) is 18.2 Å². The van der Waals surface area contributed by atoms with E-state index in [0.29, 0.717) is 31.6 Å². The summed E-state index contributed by atoms with van der Waals surface area (Å²) in [5, 5.41) is 17.6. The van der Waals surface area contributed by atoms with Gasteiger partial charge in [0.2, 0.25) is 0 Å². The molecule has 0 amide bonds. The van der Waals surface area contributed by atoms with Crippen molar-refractivity contribution in [2.24, 2.45) is 0 Å². The summed E-state index contributed by atoms with van der Waals surface area (Å²) in [6.45, 7) is 1.77. The highest BCUT2D eigenvalue weighted by Gasteiger charge is 2.07. The standard InChI is InChI=1S/C12H18FNO2/c13-12-5-2-1-4-11(12)10-14(7-9-16)6-3-8-15/h1-2,4-5,15-16H,3,6-10H2. The number of hydrogen-bond acceptors (Lipinski definition) is 3. The molecule has 4 heteroatoms. The summed E-state index contributed by atoms with van der Waals surface area (Å²) in [4.78, 5) is 1.93. The Balaban J connectivity index is 2.56. The van der Waals surface area contributed by atoms with Crippen molar-refractivity contribution in [3.8, 4) is 0 Å².